The lowest BCUT2D eigenvalue weighted by molar-refractivity contribution is 1.09. The van der Waals surface area contributed by atoms with Crippen LogP contribution in [0.3, 0.4) is 0 Å². The highest BCUT2D eigenvalue weighted by Crippen LogP contribution is 2.20. The molecule has 4 N–H and O–H groups in total. The lowest BCUT2D eigenvalue weighted by atomic mass is 10.1. The summed E-state index contributed by atoms with van der Waals surface area (Å²) in [7, 11) is 0. The Labute approximate surface area is 175 Å². The third-order valence-electron chi connectivity index (χ3n) is 6.27. The molecule has 8 bridgehead atoms. The zero-order valence-corrected chi connectivity index (χ0v) is 18.0. The van der Waals surface area contributed by atoms with Crippen molar-refractivity contribution in [2.24, 2.45) is 0 Å². The van der Waals surface area contributed by atoms with Crippen molar-refractivity contribution in [2.45, 2.75) is 40.5 Å². The third-order valence-corrected chi connectivity index (χ3v) is 6.27. The standard InChI is InChI=1S/C26H28N4/c1-5-21-15(3)23-12-19-9-7-17(27-19)11-18-8-10-20(28-18)13-24-16(4)22(6-2)26(30-24)14-25(21)29-23/h7-14,27-30H,5-6H2,1-4H3. The molecular formula is C26H28N4. The summed E-state index contributed by atoms with van der Waals surface area (Å²) in [6.07, 6.45) is 10.8. The zero-order chi connectivity index (χ0) is 20.8. The van der Waals surface area contributed by atoms with Crippen LogP contribution in [0.1, 0.15) is 58.9 Å². The van der Waals surface area contributed by atoms with Crippen molar-refractivity contribution in [2.75, 3.05) is 0 Å². The maximum absolute atomic E-state index is 3.67. The average molecular weight is 397 g/mol. The van der Waals surface area contributed by atoms with Crippen molar-refractivity contribution < 1.29 is 0 Å². The predicted molar refractivity (Wildman–Crippen MR) is 124 cm³/mol. The molecule has 4 nitrogen and oxygen atoms in total. The Bertz CT molecular complexity index is 1480. The number of hydrogen-bond acceptors (Lipinski definition) is 0. The molecule has 4 aromatic heterocycles. The van der Waals surface area contributed by atoms with Gasteiger partial charge in [0.25, 0.3) is 0 Å². The third kappa shape index (κ3) is 3.09. The monoisotopic (exact) mass is 396 g/mol. The lowest BCUT2D eigenvalue weighted by Crippen LogP contribution is -2.12. The van der Waals surface area contributed by atoms with Gasteiger partial charge in [-0.3, -0.25) is 0 Å². The molecule has 30 heavy (non-hydrogen) atoms. The molecule has 0 radical (unpaired) electrons. The van der Waals surface area contributed by atoms with Gasteiger partial charge in [-0.15, -0.1) is 0 Å². The van der Waals surface area contributed by atoms with Gasteiger partial charge in [-0.2, -0.15) is 0 Å². The summed E-state index contributed by atoms with van der Waals surface area (Å²) in [5, 5.41) is 4.53. The minimum Gasteiger partial charge on any atom is -0.355 e. The molecule has 0 saturated heterocycles. The number of fused-ring (bicyclic) bond motifs is 8. The second kappa shape index (κ2) is 7.13. The van der Waals surface area contributed by atoms with Crippen molar-refractivity contribution >= 4 is 24.3 Å². The van der Waals surface area contributed by atoms with E-state index in [1.165, 1.54) is 33.3 Å². The van der Waals surface area contributed by atoms with Gasteiger partial charge in [0.15, 0.2) is 0 Å². The molecular weight excluding hydrogens is 368 g/mol. The van der Waals surface area contributed by atoms with Gasteiger partial charge in [0.2, 0.25) is 0 Å². The van der Waals surface area contributed by atoms with E-state index >= 15 is 0 Å². The van der Waals surface area contributed by atoms with E-state index in [-0.39, 0.29) is 0 Å². The van der Waals surface area contributed by atoms with Crippen LogP contribution in [0, 0.1) is 13.8 Å². The summed E-state index contributed by atoms with van der Waals surface area (Å²) in [6.45, 7) is 8.87. The van der Waals surface area contributed by atoms with Crippen LogP contribution < -0.4 is 21.4 Å². The van der Waals surface area contributed by atoms with E-state index in [9.17, 15) is 0 Å². The first-order valence-electron chi connectivity index (χ1n) is 10.8. The second-order valence-corrected chi connectivity index (χ2v) is 8.13. The van der Waals surface area contributed by atoms with Gasteiger partial charge in [0.05, 0.1) is 0 Å². The summed E-state index contributed by atoms with van der Waals surface area (Å²) in [5.74, 6) is 0. The molecule has 0 aliphatic carbocycles. The van der Waals surface area contributed by atoms with E-state index in [1.54, 1.807) is 0 Å². The topological polar surface area (TPSA) is 63.2 Å². The van der Waals surface area contributed by atoms with Crippen molar-refractivity contribution in [3.05, 3.63) is 90.7 Å². The molecule has 1 aliphatic heterocycles. The second-order valence-electron chi connectivity index (χ2n) is 8.13. The van der Waals surface area contributed by atoms with Crippen LogP contribution in [0.2, 0.25) is 0 Å². The van der Waals surface area contributed by atoms with E-state index in [2.05, 4.69) is 96.2 Å². The summed E-state index contributed by atoms with van der Waals surface area (Å²) in [5.41, 5.74) is 9.90. The van der Waals surface area contributed by atoms with Crippen molar-refractivity contribution in [3.63, 3.8) is 0 Å². The fourth-order valence-corrected chi connectivity index (χ4v) is 4.62. The Hall–Kier alpha value is -3.40. The Morgan fingerprint density at radius 1 is 0.567 bits per heavy atom. The Balaban J connectivity index is 1.88. The minimum absolute atomic E-state index is 0.997. The van der Waals surface area contributed by atoms with Crippen LogP contribution in [-0.2, 0) is 12.8 Å². The molecule has 152 valence electrons. The molecule has 0 spiro atoms. The maximum atomic E-state index is 3.67. The molecule has 4 aromatic rings. The van der Waals surface area contributed by atoms with Crippen LogP contribution in [0.5, 0.6) is 0 Å². The molecule has 1 aliphatic rings. The fourth-order valence-electron chi connectivity index (χ4n) is 4.62. The quantitative estimate of drug-likeness (QED) is 0.354. The highest BCUT2D eigenvalue weighted by molar-refractivity contribution is 5.62. The molecule has 0 fully saturated rings. The van der Waals surface area contributed by atoms with E-state index < -0.39 is 0 Å². The molecule has 5 rings (SSSR count). The fraction of sp³-hybridized carbons (Fsp3) is 0.231. The Morgan fingerprint density at radius 2 is 1.27 bits per heavy atom. The van der Waals surface area contributed by atoms with Crippen LogP contribution in [-0.4, -0.2) is 19.9 Å². The van der Waals surface area contributed by atoms with E-state index in [4.69, 9.17) is 0 Å². The first-order chi connectivity index (χ1) is 14.6. The minimum atomic E-state index is 0.997. The van der Waals surface area contributed by atoms with E-state index in [0.717, 1.165) is 46.0 Å². The largest absolute Gasteiger partial charge is 0.355 e. The number of rotatable bonds is 2. The Morgan fingerprint density at radius 3 is 2.00 bits per heavy atom. The van der Waals surface area contributed by atoms with Crippen molar-refractivity contribution in [3.8, 4) is 0 Å². The van der Waals surface area contributed by atoms with Crippen molar-refractivity contribution in [1.82, 2.24) is 19.9 Å². The van der Waals surface area contributed by atoms with Crippen LogP contribution in [0.15, 0.2) is 24.3 Å². The smallest absolute Gasteiger partial charge is 0.0441 e. The van der Waals surface area contributed by atoms with Gasteiger partial charge in [0.1, 0.15) is 0 Å². The number of H-pyrrole nitrogens is 4. The molecule has 0 atom stereocenters. The first kappa shape index (κ1) is 18.6. The van der Waals surface area contributed by atoms with E-state index in [0.29, 0.717) is 0 Å². The Kier molecular flexibility index (Phi) is 4.43. The van der Waals surface area contributed by atoms with Gasteiger partial charge in [0, 0.05) is 44.2 Å². The van der Waals surface area contributed by atoms with Gasteiger partial charge >= 0.3 is 0 Å². The SMILES string of the molecule is CCc1c2[nH]c(c1C)C=c1ccc([nH]1)=Cc1ccc([nH]1)C=c1[nH]c(c(CC)c1C)=C2. The molecule has 0 aromatic carbocycles. The first-order valence-corrected chi connectivity index (χ1v) is 10.8. The van der Waals surface area contributed by atoms with Crippen LogP contribution in [0.4, 0.5) is 0 Å². The molecule has 0 unspecified atom stereocenters. The van der Waals surface area contributed by atoms with Crippen molar-refractivity contribution in [1.29, 1.82) is 0 Å². The van der Waals surface area contributed by atoms with Crippen LogP contribution in [0.25, 0.3) is 24.3 Å². The maximum Gasteiger partial charge on any atom is 0.0441 e. The van der Waals surface area contributed by atoms with E-state index in [1.807, 2.05) is 0 Å². The molecule has 0 saturated carbocycles. The zero-order valence-electron chi connectivity index (χ0n) is 18.0. The van der Waals surface area contributed by atoms with Gasteiger partial charge in [-0.25, -0.2) is 0 Å². The number of hydrogen-bond donors (Lipinski definition) is 4. The molecule has 4 heteroatoms. The summed E-state index contributed by atoms with van der Waals surface area (Å²) in [6, 6.07) is 8.50. The number of aromatic nitrogens is 4. The molecule has 5 heterocycles. The summed E-state index contributed by atoms with van der Waals surface area (Å²) in [4.78, 5) is 14.4. The predicted octanol–water partition coefficient (Wildman–Crippen LogP) is 2.37. The lowest BCUT2D eigenvalue weighted by Gasteiger charge is -1.98. The molecule has 0 amide bonds. The summed E-state index contributed by atoms with van der Waals surface area (Å²) >= 11 is 0. The number of nitrogens with one attached hydrogen (secondary N) is 4. The highest BCUT2D eigenvalue weighted by Gasteiger charge is 2.11. The average Bonchev–Trinajstić information content (AvgIpc) is 3.47. The summed E-state index contributed by atoms with van der Waals surface area (Å²) < 4.78 is 0. The number of aromatic amines is 4. The van der Waals surface area contributed by atoms with Crippen LogP contribution >= 0.6 is 0 Å². The van der Waals surface area contributed by atoms with Gasteiger partial charge in [-0.1, -0.05) is 13.8 Å². The van der Waals surface area contributed by atoms with Gasteiger partial charge in [-0.05, 0) is 97.5 Å². The van der Waals surface area contributed by atoms with Gasteiger partial charge < -0.3 is 19.9 Å². The normalized spacial score (nSPS) is 12.7. The highest BCUT2D eigenvalue weighted by atomic mass is 14.8.